The molecule has 1 heterocycles. The monoisotopic (exact) mass is 163 g/mol. The summed E-state index contributed by atoms with van der Waals surface area (Å²) in [6, 6.07) is 0. The van der Waals surface area contributed by atoms with Crippen LogP contribution < -0.4 is 0 Å². The Morgan fingerprint density at radius 3 is 2.67 bits per heavy atom. The highest BCUT2D eigenvalue weighted by Gasteiger charge is 1.98. The summed E-state index contributed by atoms with van der Waals surface area (Å²) in [5.41, 5.74) is 2.71. The first-order valence-corrected chi connectivity index (χ1v) is 3.82. The number of rotatable bonds is 2. The predicted octanol–water partition coefficient (Wildman–Crippen LogP) is 1.98. The van der Waals surface area contributed by atoms with E-state index in [1.807, 2.05) is 20.8 Å². The van der Waals surface area contributed by atoms with Crippen molar-refractivity contribution in [3.63, 3.8) is 0 Å². The Morgan fingerprint density at radius 2 is 2.25 bits per heavy atom. The predicted molar refractivity (Wildman–Crippen MR) is 50.5 cm³/mol. The number of allylic oxidation sites excluding steroid dienone is 1. The molecule has 0 saturated carbocycles. The third-order valence-electron chi connectivity index (χ3n) is 1.45. The fourth-order valence-corrected chi connectivity index (χ4v) is 0.925. The third kappa shape index (κ3) is 2.05. The lowest BCUT2D eigenvalue weighted by Gasteiger charge is -1.87. The van der Waals surface area contributed by atoms with E-state index in [0.717, 1.165) is 22.9 Å². The highest BCUT2D eigenvalue weighted by Crippen LogP contribution is 2.01. The SMILES string of the molecule is C=C(C)N=Cc1nc(C)[nH]c1C. The number of nitrogens with zero attached hydrogens (tertiary/aromatic N) is 2. The van der Waals surface area contributed by atoms with Crippen LogP contribution in [0.1, 0.15) is 24.1 Å². The molecule has 0 saturated heterocycles. The van der Waals surface area contributed by atoms with Crippen molar-refractivity contribution in [1.82, 2.24) is 9.97 Å². The van der Waals surface area contributed by atoms with E-state index < -0.39 is 0 Å². The summed E-state index contributed by atoms with van der Waals surface area (Å²) in [6.45, 7) is 9.42. The molecule has 0 unspecified atom stereocenters. The Bertz CT molecular complexity index is 321. The molecule has 0 radical (unpaired) electrons. The second-order valence-electron chi connectivity index (χ2n) is 2.83. The number of H-pyrrole nitrogens is 1. The maximum atomic E-state index is 4.24. The molecule has 64 valence electrons. The van der Waals surface area contributed by atoms with E-state index in [9.17, 15) is 0 Å². The van der Waals surface area contributed by atoms with Crippen LogP contribution in [0.3, 0.4) is 0 Å². The Kier molecular flexibility index (Phi) is 2.43. The fraction of sp³-hybridized carbons (Fsp3) is 0.333. The smallest absolute Gasteiger partial charge is 0.103 e. The van der Waals surface area contributed by atoms with E-state index in [4.69, 9.17) is 0 Å². The lowest BCUT2D eigenvalue weighted by molar-refractivity contribution is 1.13. The Hall–Kier alpha value is -1.38. The number of imidazole rings is 1. The van der Waals surface area contributed by atoms with Gasteiger partial charge in [0.15, 0.2) is 0 Å². The summed E-state index contributed by atoms with van der Waals surface area (Å²) in [6.07, 6.45) is 1.72. The third-order valence-corrected chi connectivity index (χ3v) is 1.45. The van der Waals surface area contributed by atoms with Crippen molar-refractivity contribution < 1.29 is 0 Å². The number of aromatic nitrogens is 2. The van der Waals surface area contributed by atoms with Crippen molar-refractivity contribution in [3.05, 3.63) is 29.5 Å². The van der Waals surface area contributed by atoms with Gasteiger partial charge in [0.05, 0.1) is 6.21 Å². The second kappa shape index (κ2) is 3.34. The van der Waals surface area contributed by atoms with Gasteiger partial charge in [-0.2, -0.15) is 0 Å². The van der Waals surface area contributed by atoms with Gasteiger partial charge in [0.25, 0.3) is 0 Å². The molecular weight excluding hydrogens is 150 g/mol. The maximum Gasteiger partial charge on any atom is 0.103 e. The minimum absolute atomic E-state index is 0.787. The van der Waals surface area contributed by atoms with Crippen LogP contribution in [0.5, 0.6) is 0 Å². The van der Waals surface area contributed by atoms with Gasteiger partial charge in [-0.15, -0.1) is 0 Å². The second-order valence-corrected chi connectivity index (χ2v) is 2.83. The zero-order valence-electron chi connectivity index (χ0n) is 7.68. The van der Waals surface area contributed by atoms with Gasteiger partial charge >= 0.3 is 0 Å². The highest BCUT2D eigenvalue weighted by molar-refractivity contribution is 5.79. The van der Waals surface area contributed by atoms with E-state index in [2.05, 4.69) is 21.5 Å². The van der Waals surface area contributed by atoms with E-state index in [0.29, 0.717) is 0 Å². The molecule has 1 aromatic heterocycles. The molecule has 1 N–H and O–H groups in total. The van der Waals surface area contributed by atoms with Crippen LogP contribution in [-0.2, 0) is 0 Å². The lowest BCUT2D eigenvalue weighted by atomic mass is 10.4. The Morgan fingerprint density at radius 1 is 1.58 bits per heavy atom. The molecule has 0 amide bonds. The summed E-state index contributed by atoms with van der Waals surface area (Å²) < 4.78 is 0. The van der Waals surface area contributed by atoms with Crippen molar-refractivity contribution in [2.75, 3.05) is 0 Å². The number of aromatic amines is 1. The molecule has 0 spiro atoms. The minimum atomic E-state index is 0.787. The maximum absolute atomic E-state index is 4.24. The van der Waals surface area contributed by atoms with Gasteiger partial charge < -0.3 is 4.98 Å². The van der Waals surface area contributed by atoms with Crippen LogP contribution >= 0.6 is 0 Å². The Labute approximate surface area is 72.3 Å². The first kappa shape index (κ1) is 8.71. The molecule has 0 bridgehead atoms. The molecule has 0 aliphatic rings. The van der Waals surface area contributed by atoms with Crippen LogP contribution in [0.15, 0.2) is 17.3 Å². The fourth-order valence-electron chi connectivity index (χ4n) is 0.925. The minimum Gasteiger partial charge on any atom is -0.346 e. The Balaban J connectivity index is 2.89. The molecule has 0 aliphatic heterocycles. The molecule has 1 rings (SSSR count). The number of hydrogen-bond donors (Lipinski definition) is 1. The first-order chi connectivity index (χ1) is 5.59. The zero-order valence-corrected chi connectivity index (χ0v) is 7.68. The molecule has 12 heavy (non-hydrogen) atoms. The van der Waals surface area contributed by atoms with E-state index >= 15 is 0 Å². The molecule has 0 aliphatic carbocycles. The normalized spacial score (nSPS) is 10.9. The summed E-state index contributed by atoms with van der Waals surface area (Å²) in [7, 11) is 0. The molecule has 0 atom stereocenters. The van der Waals surface area contributed by atoms with Gasteiger partial charge in [-0.05, 0) is 20.8 Å². The standard InChI is InChI=1S/C9H13N3/c1-6(2)10-5-9-7(3)11-8(4)12-9/h5H,1H2,2-4H3,(H,11,12). The molecule has 3 nitrogen and oxygen atoms in total. The van der Waals surface area contributed by atoms with Crippen molar-refractivity contribution >= 4 is 6.21 Å². The van der Waals surface area contributed by atoms with Gasteiger partial charge in [-0.3, -0.25) is 4.99 Å². The van der Waals surface area contributed by atoms with Crippen molar-refractivity contribution in [2.24, 2.45) is 4.99 Å². The summed E-state index contributed by atoms with van der Waals surface area (Å²) in [5, 5.41) is 0. The van der Waals surface area contributed by atoms with Gasteiger partial charge in [-0.25, -0.2) is 4.98 Å². The quantitative estimate of drug-likeness (QED) is 0.665. The van der Waals surface area contributed by atoms with Crippen LogP contribution in [0.4, 0.5) is 0 Å². The average Bonchev–Trinajstić information content (AvgIpc) is 2.26. The van der Waals surface area contributed by atoms with Crippen molar-refractivity contribution in [1.29, 1.82) is 0 Å². The van der Waals surface area contributed by atoms with E-state index in [1.54, 1.807) is 6.21 Å². The van der Waals surface area contributed by atoms with Gasteiger partial charge in [-0.1, -0.05) is 6.58 Å². The molecule has 0 fully saturated rings. The molecule has 0 aromatic carbocycles. The van der Waals surface area contributed by atoms with Crippen LogP contribution in [0, 0.1) is 13.8 Å². The van der Waals surface area contributed by atoms with Crippen molar-refractivity contribution in [3.8, 4) is 0 Å². The van der Waals surface area contributed by atoms with Crippen LogP contribution in [0.25, 0.3) is 0 Å². The van der Waals surface area contributed by atoms with Crippen LogP contribution in [-0.4, -0.2) is 16.2 Å². The molecular formula is C9H13N3. The number of aliphatic imine (C=N–C) groups is 1. The van der Waals surface area contributed by atoms with Gasteiger partial charge in [0.2, 0.25) is 0 Å². The van der Waals surface area contributed by atoms with Gasteiger partial charge in [0, 0.05) is 11.4 Å². The molecule has 1 aromatic rings. The van der Waals surface area contributed by atoms with E-state index in [1.165, 1.54) is 0 Å². The topological polar surface area (TPSA) is 41.0 Å². The number of nitrogens with one attached hydrogen (secondary N) is 1. The van der Waals surface area contributed by atoms with Crippen molar-refractivity contribution in [2.45, 2.75) is 20.8 Å². The largest absolute Gasteiger partial charge is 0.346 e. The summed E-state index contributed by atoms with van der Waals surface area (Å²) >= 11 is 0. The lowest BCUT2D eigenvalue weighted by Crippen LogP contribution is -1.84. The first-order valence-electron chi connectivity index (χ1n) is 3.82. The number of aryl methyl sites for hydroxylation is 2. The summed E-state index contributed by atoms with van der Waals surface area (Å²) in [5.74, 6) is 0.913. The number of hydrogen-bond acceptors (Lipinski definition) is 2. The van der Waals surface area contributed by atoms with Gasteiger partial charge in [0.1, 0.15) is 11.5 Å². The van der Waals surface area contributed by atoms with E-state index in [-0.39, 0.29) is 0 Å². The average molecular weight is 163 g/mol. The zero-order chi connectivity index (χ0) is 9.14. The van der Waals surface area contributed by atoms with Crippen LogP contribution in [0.2, 0.25) is 0 Å². The summed E-state index contributed by atoms with van der Waals surface area (Å²) in [4.78, 5) is 11.4. The molecule has 3 heteroatoms. The highest BCUT2D eigenvalue weighted by atomic mass is 14.9.